The molecule has 2 fully saturated rings. The fourth-order valence-corrected chi connectivity index (χ4v) is 4.40. The Balaban J connectivity index is 1.84. The van der Waals surface area contributed by atoms with Crippen LogP contribution in [0.25, 0.3) is 0 Å². The molecule has 3 heterocycles. The van der Waals surface area contributed by atoms with E-state index in [1.54, 1.807) is 0 Å². The Kier molecular flexibility index (Phi) is 2.54. The Bertz CT molecular complexity index is 728. The molecule has 0 spiro atoms. The summed E-state index contributed by atoms with van der Waals surface area (Å²) in [6.45, 7) is 7.83. The van der Waals surface area contributed by atoms with Crippen molar-refractivity contribution < 1.29 is 14.3 Å². The Morgan fingerprint density at radius 1 is 1.09 bits per heavy atom. The van der Waals surface area contributed by atoms with Gasteiger partial charge >= 0.3 is 0 Å². The second kappa shape index (κ2) is 4.07. The van der Waals surface area contributed by atoms with Crippen LogP contribution in [0, 0.1) is 32.6 Å². The minimum absolute atomic E-state index is 0.122. The second-order valence-electron chi connectivity index (χ2n) is 6.89. The molecule has 114 valence electrons. The third-order valence-electron chi connectivity index (χ3n) is 5.19. The zero-order chi connectivity index (χ0) is 15.8. The number of fused-ring (bicyclic) bond motifs is 5. The van der Waals surface area contributed by atoms with Gasteiger partial charge in [-0.1, -0.05) is 29.8 Å². The summed E-state index contributed by atoms with van der Waals surface area (Å²) < 4.78 is 5.85. The average molecular weight is 297 g/mol. The molecule has 4 rings (SSSR count). The molecule has 4 atom stereocenters. The number of ether oxygens (including phenoxy) is 1. The maximum Gasteiger partial charge on any atom is 0.241 e. The number of carbonyl (C=O) groups excluding carboxylic acids is 2. The first-order valence-electron chi connectivity index (χ1n) is 7.66. The number of nitrogens with zero attached hydrogens (tertiary/aromatic N) is 1. The number of rotatable bonds is 1. The van der Waals surface area contributed by atoms with Crippen LogP contribution in [0.3, 0.4) is 0 Å². The number of hydrogen-bond acceptors (Lipinski definition) is 3. The third kappa shape index (κ3) is 1.51. The standard InChI is InChI=1S/C18H19NO3/c1-9-7-10(2)15(11(3)8-9)19-16(20)13-12-5-6-18(4,22-12)14(13)17(19)21/h5-8,12-14H,1-4H3/t12-,13-,14+,18+/m1/s1. The van der Waals surface area contributed by atoms with Crippen molar-refractivity contribution in [1.29, 1.82) is 0 Å². The number of carbonyl (C=O) groups is 2. The first-order valence-corrected chi connectivity index (χ1v) is 7.66. The largest absolute Gasteiger partial charge is 0.362 e. The summed E-state index contributed by atoms with van der Waals surface area (Å²) in [5, 5.41) is 0. The van der Waals surface area contributed by atoms with Crippen LogP contribution in [-0.4, -0.2) is 23.5 Å². The third-order valence-corrected chi connectivity index (χ3v) is 5.19. The van der Waals surface area contributed by atoms with Crippen LogP contribution in [0.5, 0.6) is 0 Å². The molecule has 4 heteroatoms. The van der Waals surface area contributed by atoms with E-state index in [9.17, 15) is 9.59 Å². The Hall–Kier alpha value is -1.94. The summed E-state index contributed by atoms with van der Waals surface area (Å²) in [5.41, 5.74) is 3.17. The molecule has 22 heavy (non-hydrogen) atoms. The number of aryl methyl sites for hydroxylation is 3. The van der Waals surface area contributed by atoms with Crippen molar-refractivity contribution in [1.82, 2.24) is 0 Å². The van der Waals surface area contributed by atoms with Crippen molar-refractivity contribution in [2.75, 3.05) is 4.90 Å². The number of imide groups is 1. The molecule has 3 aliphatic rings. The van der Waals surface area contributed by atoms with Gasteiger partial charge in [0.25, 0.3) is 0 Å². The topological polar surface area (TPSA) is 46.6 Å². The molecule has 2 amide bonds. The second-order valence-corrected chi connectivity index (χ2v) is 6.89. The molecule has 0 aromatic heterocycles. The predicted molar refractivity (Wildman–Crippen MR) is 82.5 cm³/mol. The average Bonchev–Trinajstić information content (AvgIpc) is 3.01. The van der Waals surface area contributed by atoms with E-state index in [-0.39, 0.29) is 23.8 Å². The van der Waals surface area contributed by atoms with E-state index in [2.05, 4.69) is 0 Å². The zero-order valence-corrected chi connectivity index (χ0v) is 13.2. The molecule has 1 aromatic rings. The number of benzene rings is 1. The van der Waals surface area contributed by atoms with E-state index in [0.717, 1.165) is 22.4 Å². The monoisotopic (exact) mass is 297 g/mol. The SMILES string of the molecule is Cc1cc(C)c(N2C(=O)[C@H]3[C@@H](C2=O)[C@]2(C)C=C[C@H]3O2)c(C)c1. The van der Waals surface area contributed by atoms with Gasteiger partial charge in [-0.2, -0.15) is 0 Å². The summed E-state index contributed by atoms with van der Waals surface area (Å²) in [4.78, 5) is 27.3. The van der Waals surface area contributed by atoms with E-state index in [1.807, 2.05) is 52.0 Å². The van der Waals surface area contributed by atoms with Crippen molar-refractivity contribution >= 4 is 17.5 Å². The summed E-state index contributed by atoms with van der Waals surface area (Å²) >= 11 is 0. The van der Waals surface area contributed by atoms with E-state index in [4.69, 9.17) is 4.74 Å². The van der Waals surface area contributed by atoms with Gasteiger partial charge in [-0.05, 0) is 38.8 Å². The lowest BCUT2D eigenvalue weighted by atomic mass is 9.78. The van der Waals surface area contributed by atoms with Crippen LogP contribution in [-0.2, 0) is 14.3 Å². The highest BCUT2D eigenvalue weighted by atomic mass is 16.5. The zero-order valence-electron chi connectivity index (χ0n) is 13.2. The van der Waals surface area contributed by atoms with Gasteiger partial charge in [-0.25, -0.2) is 4.90 Å². The van der Waals surface area contributed by atoms with Crippen LogP contribution in [0.1, 0.15) is 23.6 Å². The van der Waals surface area contributed by atoms with Crippen LogP contribution < -0.4 is 4.90 Å². The molecule has 2 bridgehead atoms. The molecule has 0 radical (unpaired) electrons. The predicted octanol–water partition coefficient (Wildman–Crippen LogP) is 2.44. The van der Waals surface area contributed by atoms with Gasteiger partial charge < -0.3 is 4.74 Å². The normalized spacial score (nSPS) is 35.6. The van der Waals surface area contributed by atoms with E-state index in [0.29, 0.717) is 0 Å². The van der Waals surface area contributed by atoms with Crippen molar-refractivity contribution in [2.24, 2.45) is 11.8 Å². The smallest absolute Gasteiger partial charge is 0.241 e. The minimum atomic E-state index is -0.636. The first-order chi connectivity index (χ1) is 10.3. The van der Waals surface area contributed by atoms with E-state index < -0.39 is 11.5 Å². The highest BCUT2D eigenvalue weighted by molar-refractivity contribution is 6.24. The van der Waals surface area contributed by atoms with Crippen LogP contribution in [0.2, 0.25) is 0 Å². The van der Waals surface area contributed by atoms with Gasteiger partial charge in [-0.15, -0.1) is 0 Å². The lowest BCUT2D eigenvalue weighted by molar-refractivity contribution is -0.126. The number of amides is 2. The molecule has 1 aromatic carbocycles. The molecule has 0 aliphatic carbocycles. The molecular formula is C18H19NO3. The summed E-state index contributed by atoms with van der Waals surface area (Å²) in [6.07, 6.45) is 3.59. The van der Waals surface area contributed by atoms with Crippen LogP contribution >= 0.6 is 0 Å². The molecule has 3 aliphatic heterocycles. The molecule has 0 N–H and O–H groups in total. The summed E-state index contributed by atoms with van der Waals surface area (Å²) in [5.74, 6) is -1.01. The highest BCUT2D eigenvalue weighted by Crippen LogP contribution is 2.52. The van der Waals surface area contributed by atoms with Gasteiger partial charge in [0.1, 0.15) is 0 Å². The lowest BCUT2D eigenvalue weighted by Crippen LogP contribution is -2.39. The number of anilines is 1. The van der Waals surface area contributed by atoms with Crippen LogP contribution in [0.15, 0.2) is 24.3 Å². The van der Waals surface area contributed by atoms with Gasteiger partial charge in [-0.3, -0.25) is 9.59 Å². The van der Waals surface area contributed by atoms with E-state index >= 15 is 0 Å². The maximum absolute atomic E-state index is 13.0. The molecule has 4 nitrogen and oxygen atoms in total. The van der Waals surface area contributed by atoms with Crippen molar-refractivity contribution in [3.8, 4) is 0 Å². The van der Waals surface area contributed by atoms with Crippen molar-refractivity contribution in [3.05, 3.63) is 41.0 Å². The van der Waals surface area contributed by atoms with Gasteiger partial charge in [0, 0.05) is 0 Å². The Morgan fingerprint density at radius 3 is 2.32 bits per heavy atom. The molecular weight excluding hydrogens is 278 g/mol. The first kappa shape index (κ1) is 13.7. The van der Waals surface area contributed by atoms with Gasteiger partial charge in [0.15, 0.2) is 0 Å². The van der Waals surface area contributed by atoms with Crippen molar-refractivity contribution in [2.45, 2.75) is 39.4 Å². The van der Waals surface area contributed by atoms with Gasteiger partial charge in [0.2, 0.25) is 11.8 Å². The molecule has 2 saturated heterocycles. The Labute approximate surface area is 129 Å². The van der Waals surface area contributed by atoms with Crippen molar-refractivity contribution in [3.63, 3.8) is 0 Å². The lowest BCUT2D eigenvalue weighted by Gasteiger charge is -2.25. The fourth-order valence-electron chi connectivity index (χ4n) is 4.40. The highest BCUT2D eigenvalue weighted by Gasteiger charge is 2.66. The minimum Gasteiger partial charge on any atom is -0.362 e. The number of hydrogen-bond donors (Lipinski definition) is 0. The van der Waals surface area contributed by atoms with E-state index in [1.165, 1.54) is 4.90 Å². The maximum atomic E-state index is 13.0. The summed E-state index contributed by atoms with van der Waals surface area (Å²) in [6, 6.07) is 4.03. The Morgan fingerprint density at radius 2 is 1.73 bits per heavy atom. The van der Waals surface area contributed by atoms with Crippen LogP contribution in [0.4, 0.5) is 5.69 Å². The molecule has 0 saturated carbocycles. The van der Waals surface area contributed by atoms with Gasteiger partial charge in [0.05, 0.1) is 29.2 Å². The quantitative estimate of drug-likeness (QED) is 0.591. The summed E-state index contributed by atoms with van der Waals surface area (Å²) in [7, 11) is 0. The molecule has 0 unspecified atom stereocenters. The fraction of sp³-hybridized carbons (Fsp3) is 0.444.